The van der Waals surface area contributed by atoms with E-state index in [1.54, 1.807) is 24.3 Å². The number of methoxy groups -OCH3 is 2. The highest BCUT2D eigenvalue weighted by Crippen LogP contribution is 2.40. The first kappa shape index (κ1) is 21.7. The number of carbonyl (C=O) groups is 2. The molecule has 2 aromatic rings. The lowest BCUT2D eigenvalue weighted by molar-refractivity contribution is -0.126. The van der Waals surface area contributed by atoms with Gasteiger partial charge in [-0.25, -0.2) is 0 Å². The third-order valence-corrected chi connectivity index (χ3v) is 4.38. The van der Waals surface area contributed by atoms with Crippen LogP contribution in [0.25, 0.3) is 0 Å². The number of benzene rings is 2. The molecule has 0 saturated carbocycles. The summed E-state index contributed by atoms with van der Waals surface area (Å²) in [7, 11) is 2.86. The molecule has 28 heavy (non-hydrogen) atoms. The summed E-state index contributed by atoms with van der Waals surface area (Å²) in [4.78, 5) is 24.6. The predicted octanol–water partition coefficient (Wildman–Crippen LogP) is 5.00. The van der Waals surface area contributed by atoms with E-state index in [-0.39, 0.29) is 16.5 Å². The molecule has 0 spiro atoms. The van der Waals surface area contributed by atoms with E-state index >= 15 is 0 Å². The molecule has 0 bridgehead atoms. The number of carbonyl (C=O) groups excluding carboxylic acids is 2. The van der Waals surface area contributed by atoms with Crippen molar-refractivity contribution in [2.75, 3.05) is 19.5 Å². The lowest BCUT2D eigenvalue weighted by Gasteiger charge is -2.16. The van der Waals surface area contributed by atoms with Gasteiger partial charge in [0.2, 0.25) is 6.04 Å². The Kier molecular flexibility index (Phi) is 7.37. The zero-order valence-corrected chi connectivity index (χ0v) is 17.3. The minimum atomic E-state index is -1.38. The maximum absolute atomic E-state index is 12.7. The number of aryl methyl sites for hydroxylation is 1. The lowest BCUT2D eigenvalue weighted by atomic mass is 10.2. The predicted molar refractivity (Wildman–Crippen MR) is 108 cm³/mol. The fourth-order valence-corrected chi connectivity index (χ4v) is 2.81. The Bertz CT molecular complexity index is 932. The SMILES string of the molecule is COc1ccc(Cl)c(NC(=O)C(N=Nc2ccc(C)cc2Cl)C(C)=O)c1OC. The standard InChI is InChI=1S/C19H19Cl2N3O4/c1-10-5-7-14(13(21)9-10)23-24-16(11(2)25)19(26)22-17-12(20)6-8-15(27-3)18(17)28-4/h5-9,16H,1-4H3,(H,22,26). The molecule has 1 N–H and O–H groups in total. The number of amides is 1. The summed E-state index contributed by atoms with van der Waals surface area (Å²) < 4.78 is 10.5. The summed E-state index contributed by atoms with van der Waals surface area (Å²) in [6.07, 6.45) is 0. The van der Waals surface area contributed by atoms with Crippen LogP contribution < -0.4 is 14.8 Å². The van der Waals surface area contributed by atoms with Crippen molar-refractivity contribution in [2.45, 2.75) is 19.9 Å². The number of ether oxygens (including phenoxy) is 2. The molecular formula is C19H19Cl2N3O4. The molecule has 1 amide bonds. The Morgan fingerprint density at radius 1 is 1.07 bits per heavy atom. The fourth-order valence-electron chi connectivity index (χ4n) is 2.34. The summed E-state index contributed by atoms with van der Waals surface area (Å²) >= 11 is 12.3. The maximum atomic E-state index is 12.7. The minimum absolute atomic E-state index is 0.170. The number of hydrogen-bond acceptors (Lipinski definition) is 6. The first-order chi connectivity index (χ1) is 13.3. The quantitative estimate of drug-likeness (QED) is 0.501. The van der Waals surface area contributed by atoms with Gasteiger partial charge in [0.1, 0.15) is 11.4 Å². The monoisotopic (exact) mass is 423 g/mol. The highest BCUT2D eigenvalue weighted by molar-refractivity contribution is 6.34. The third kappa shape index (κ3) is 4.99. The number of nitrogens with zero attached hydrogens (tertiary/aromatic N) is 2. The van der Waals surface area contributed by atoms with Gasteiger partial charge < -0.3 is 14.8 Å². The molecule has 0 aliphatic rings. The second-order valence-electron chi connectivity index (χ2n) is 5.83. The van der Waals surface area contributed by atoms with Gasteiger partial charge in [-0.2, -0.15) is 10.2 Å². The Labute approximate surface area is 172 Å². The third-order valence-electron chi connectivity index (χ3n) is 3.76. The summed E-state index contributed by atoms with van der Waals surface area (Å²) in [6.45, 7) is 3.12. The molecule has 0 aliphatic carbocycles. The van der Waals surface area contributed by atoms with Gasteiger partial charge in [0.15, 0.2) is 17.3 Å². The van der Waals surface area contributed by atoms with Gasteiger partial charge in [-0.1, -0.05) is 29.3 Å². The summed E-state index contributed by atoms with van der Waals surface area (Å²) in [5.74, 6) is -0.616. The van der Waals surface area contributed by atoms with Crippen LogP contribution in [-0.2, 0) is 9.59 Å². The number of Topliss-reactive ketones (excluding diaryl/α,β-unsaturated/α-hetero) is 1. The van der Waals surface area contributed by atoms with Gasteiger partial charge in [-0.15, -0.1) is 0 Å². The Morgan fingerprint density at radius 2 is 1.79 bits per heavy atom. The van der Waals surface area contributed by atoms with Crippen LogP contribution in [0.15, 0.2) is 40.6 Å². The molecule has 0 heterocycles. The van der Waals surface area contributed by atoms with Gasteiger partial charge in [-0.05, 0) is 43.7 Å². The average molecular weight is 424 g/mol. The highest BCUT2D eigenvalue weighted by atomic mass is 35.5. The minimum Gasteiger partial charge on any atom is -0.493 e. The van der Waals surface area contributed by atoms with Crippen LogP contribution in [0.2, 0.25) is 10.0 Å². The van der Waals surface area contributed by atoms with Gasteiger partial charge in [0.25, 0.3) is 5.91 Å². The zero-order chi connectivity index (χ0) is 20.8. The van der Waals surface area contributed by atoms with Gasteiger partial charge in [-0.3, -0.25) is 9.59 Å². The second kappa shape index (κ2) is 9.52. The molecule has 148 valence electrons. The normalized spacial score (nSPS) is 11.9. The zero-order valence-electron chi connectivity index (χ0n) is 15.7. The Balaban J connectivity index is 2.32. The smallest absolute Gasteiger partial charge is 0.258 e. The number of halogens is 2. The van der Waals surface area contributed by atoms with Crippen molar-refractivity contribution >= 4 is 46.3 Å². The number of hydrogen-bond donors (Lipinski definition) is 1. The lowest BCUT2D eigenvalue weighted by Crippen LogP contribution is -2.32. The largest absolute Gasteiger partial charge is 0.493 e. The molecule has 0 saturated heterocycles. The van der Waals surface area contributed by atoms with E-state index in [1.165, 1.54) is 27.2 Å². The van der Waals surface area contributed by atoms with E-state index in [2.05, 4.69) is 15.5 Å². The first-order valence-electron chi connectivity index (χ1n) is 8.17. The van der Waals surface area contributed by atoms with Crippen molar-refractivity contribution in [3.05, 3.63) is 45.9 Å². The van der Waals surface area contributed by atoms with Crippen molar-refractivity contribution < 1.29 is 19.1 Å². The van der Waals surface area contributed by atoms with E-state index in [9.17, 15) is 9.59 Å². The summed E-state index contributed by atoms with van der Waals surface area (Å²) in [5, 5.41) is 11.0. The topological polar surface area (TPSA) is 89.4 Å². The van der Waals surface area contributed by atoms with Crippen molar-refractivity contribution in [1.82, 2.24) is 0 Å². The summed E-state index contributed by atoms with van der Waals surface area (Å²) in [6, 6.07) is 6.90. The van der Waals surface area contributed by atoms with Crippen molar-refractivity contribution in [2.24, 2.45) is 10.2 Å². The molecule has 0 aliphatic heterocycles. The van der Waals surface area contributed by atoms with Crippen LogP contribution in [0.5, 0.6) is 11.5 Å². The maximum Gasteiger partial charge on any atom is 0.258 e. The van der Waals surface area contributed by atoms with Crippen LogP contribution in [0, 0.1) is 6.92 Å². The van der Waals surface area contributed by atoms with Crippen molar-refractivity contribution in [1.29, 1.82) is 0 Å². The van der Waals surface area contributed by atoms with Gasteiger partial charge in [0, 0.05) is 0 Å². The molecule has 0 aromatic heterocycles. The highest BCUT2D eigenvalue weighted by Gasteiger charge is 2.26. The van der Waals surface area contributed by atoms with E-state index in [1.807, 2.05) is 6.92 Å². The molecule has 2 aromatic carbocycles. The molecule has 9 heteroatoms. The van der Waals surface area contributed by atoms with Crippen molar-refractivity contribution in [3.8, 4) is 11.5 Å². The molecule has 2 rings (SSSR count). The number of rotatable bonds is 7. The molecule has 7 nitrogen and oxygen atoms in total. The number of nitrogens with one attached hydrogen (secondary N) is 1. The van der Waals surface area contributed by atoms with Crippen LogP contribution in [0.4, 0.5) is 11.4 Å². The van der Waals surface area contributed by atoms with Crippen LogP contribution >= 0.6 is 23.2 Å². The fraction of sp³-hybridized carbons (Fsp3) is 0.263. The average Bonchev–Trinajstić information content (AvgIpc) is 2.64. The Hall–Kier alpha value is -2.64. The molecule has 1 atom stereocenters. The summed E-state index contributed by atoms with van der Waals surface area (Å²) in [5.41, 5.74) is 1.47. The van der Waals surface area contributed by atoms with E-state index in [4.69, 9.17) is 32.7 Å². The van der Waals surface area contributed by atoms with E-state index < -0.39 is 17.7 Å². The molecular weight excluding hydrogens is 405 g/mol. The number of anilines is 1. The molecule has 1 unspecified atom stereocenters. The number of ketones is 1. The molecule has 0 fully saturated rings. The number of azo groups is 1. The van der Waals surface area contributed by atoms with Crippen LogP contribution in [0.1, 0.15) is 12.5 Å². The van der Waals surface area contributed by atoms with E-state index in [0.717, 1.165) is 5.56 Å². The Morgan fingerprint density at radius 3 is 2.36 bits per heavy atom. The van der Waals surface area contributed by atoms with Gasteiger partial charge >= 0.3 is 0 Å². The van der Waals surface area contributed by atoms with E-state index in [0.29, 0.717) is 16.5 Å². The van der Waals surface area contributed by atoms with Crippen LogP contribution in [-0.4, -0.2) is 32.0 Å². The first-order valence-corrected chi connectivity index (χ1v) is 8.92. The van der Waals surface area contributed by atoms with Crippen LogP contribution in [0.3, 0.4) is 0 Å². The van der Waals surface area contributed by atoms with Gasteiger partial charge in [0.05, 0.1) is 24.3 Å². The molecule has 0 radical (unpaired) electrons. The second-order valence-corrected chi connectivity index (χ2v) is 6.65. The van der Waals surface area contributed by atoms with Crippen molar-refractivity contribution in [3.63, 3.8) is 0 Å².